The molecule has 0 aliphatic heterocycles. The van der Waals surface area contributed by atoms with E-state index in [-0.39, 0.29) is 5.56 Å². The van der Waals surface area contributed by atoms with Gasteiger partial charge in [0.25, 0.3) is 5.91 Å². The fourth-order valence-corrected chi connectivity index (χ4v) is 2.06. The molecule has 1 N–H and O–H groups in total. The standard InChI is InChI=1S/C18H16F3NO4/c1-12(15-6-3-9-25-15)22-16(23)11-26-17(24)8-7-13-4-2-5-14(10-13)18(19,20)21/h2-10,12H,11H2,1H3,(H,22,23)/b8-7+/t12-/m1/s1. The number of nitrogens with one attached hydrogen (secondary N) is 1. The van der Waals surface area contributed by atoms with E-state index >= 15 is 0 Å². The molecule has 0 bridgehead atoms. The van der Waals surface area contributed by atoms with Gasteiger partial charge in [-0.3, -0.25) is 4.79 Å². The first-order chi connectivity index (χ1) is 12.3. The average Bonchev–Trinajstić information content (AvgIpc) is 3.12. The average molecular weight is 367 g/mol. The maximum atomic E-state index is 12.6. The molecule has 5 nitrogen and oxygen atoms in total. The summed E-state index contributed by atoms with van der Waals surface area (Å²) in [5.41, 5.74) is -0.632. The molecule has 8 heteroatoms. The van der Waals surface area contributed by atoms with Crippen molar-refractivity contribution < 1.29 is 31.9 Å². The molecule has 1 aromatic carbocycles. The van der Waals surface area contributed by atoms with E-state index in [1.165, 1.54) is 24.5 Å². The predicted octanol–water partition coefficient (Wildman–Crippen LogP) is 3.73. The number of amides is 1. The molecule has 0 unspecified atom stereocenters. The Morgan fingerprint density at radius 1 is 1.27 bits per heavy atom. The van der Waals surface area contributed by atoms with Gasteiger partial charge in [-0.1, -0.05) is 12.1 Å². The molecule has 0 aliphatic rings. The second-order valence-corrected chi connectivity index (χ2v) is 5.37. The number of alkyl halides is 3. The van der Waals surface area contributed by atoms with Crippen LogP contribution in [0.3, 0.4) is 0 Å². The number of carbonyl (C=O) groups excluding carboxylic acids is 2. The first-order valence-corrected chi connectivity index (χ1v) is 7.60. The van der Waals surface area contributed by atoms with Gasteiger partial charge < -0.3 is 14.5 Å². The minimum Gasteiger partial charge on any atom is -0.467 e. The highest BCUT2D eigenvalue weighted by molar-refractivity contribution is 5.89. The smallest absolute Gasteiger partial charge is 0.416 e. The molecule has 0 aliphatic carbocycles. The second-order valence-electron chi connectivity index (χ2n) is 5.37. The molecule has 1 aromatic heterocycles. The zero-order valence-electron chi connectivity index (χ0n) is 13.7. The highest BCUT2D eigenvalue weighted by Crippen LogP contribution is 2.29. The molecule has 1 atom stereocenters. The normalized spacial score (nSPS) is 12.8. The van der Waals surface area contributed by atoms with Gasteiger partial charge >= 0.3 is 12.1 Å². The zero-order valence-corrected chi connectivity index (χ0v) is 13.7. The van der Waals surface area contributed by atoms with Gasteiger partial charge in [-0.05, 0) is 42.8 Å². The topological polar surface area (TPSA) is 68.5 Å². The number of hydrogen-bond donors (Lipinski definition) is 1. The Kier molecular flexibility index (Phi) is 6.21. The van der Waals surface area contributed by atoms with Crippen molar-refractivity contribution in [1.29, 1.82) is 0 Å². The van der Waals surface area contributed by atoms with E-state index in [1.54, 1.807) is 19.1 Å². The van der Waals surface area contributed by atoms with Crippen molar-refractivity contribution in [2.75, 3.05) is 6.61 Å². The van der Waals surface area contributed by atoms with Crippen molar-refractivity contribution in [3.05, 3.63) is 65.6 Å². The number of carbonyl (C=O) groups is 2. The first kappa shape index (κ1) is 19.3. The Morgan fingerprint density at radius 3 is 2.69 bits per heavy atom. The van der Waals surface area contributed by atoms with Crippen LogP contribution in [0.15, 0.2) is 53.2 Å². The van der Waals surface area contributed by atoms with Crippen molar-refractivity contribution >= 4 is 18.0 Å². The molecular weight excluding hydrogens is 351 g/mol. The number of hydrogen-bond acceptors (Lipinski definition) is 4. The molecule has 0 fully saturated rings. The summed E-state index contributed by atoms with van der Waals surface area (Å²) in [6.07, 6.45) is -0.858. The third kappa shape index (κ3) is 5.80. The Bertz CT molecular complexity index is 782. The summed E-state index contributed by atoms with van der Waals surface area (Å²) in [5.74, 6) is -0.827. The Hall–Kier alpha value is -3.03. The van der Waals surface area contributed by atoms with Crippen LogP contribution in [0.1, 0.15) is 29.9 Å². The summed E-state index contributed by atoms with van der Waals surface area (Å²) in [7, 11) is 0. The molecule has 138 valence electrons. The van der Waals surface area contributed by atoms with Crippen molar-refractivity contribution in [3.8, 4) is 0 Å². The fraction of sp³-hybridized carbons (Fsp3) is 0.222. The highest BCUT2D eigenvalue weighted by Gasteiger charge is 2.30. The lowest BCUT2D eigenvalue weighted by Gasteiger charge is -2.11. The van der Waals surface area contributed by atoms with Crippen LogP contribution < -0.4 is 5.32 Å². The molecule has 0 spiro atoms. The number of ether oxygens (including phenoxy) is 1. The van der Waals surface area contributed by atoms with Gasteiger partial charge in [0.2, 0.25) is 0 Å². The van der Waals surface area contributed by atoms with Gasteiger partial charge in [-0.25, -0.2) is 4.79 Å². The van der Waals surface area contributed by atoms with Crippen LogP contribution in [0.5, 0.6) is 0 Å². The van der Waals surface area contributed by atoms with Crippen LogP contribution in [-0.4, -0.2) is 18.5 Å². The highest BCUT2D eigenvalue weighted by atomic mass is 19.4. The van der Waals surface area contributed by atoms with E-state index in [9.17, 15) is 22.8 Å². The lowest BCUT2D eigenvalue weighted by Crippen LogP contribution is -2.30. The number of furan rings is 1. The Morgan fingerprint density at radius 2 is 2.04 bits per heavy atom. The lowest BCUT2D eigenvalue weighted by molar-refractivity contribution is -0.144. The van der Waals surface area contributed by atoms with Crippen LogP contribution in [0.4, 0.5) is 13.2 Å². The largest absolute Gasteiger partial charge is 0.467 e. The van der Waals surface area contributed by atoms with Crippen molar-refractivity contribution in [2.24, 2.45) is 0 Å². The molecule has 0 radical (unpaired) electrons. The van der Waals surface area contributed by atoms with Crippen LogP contribution in [-0.2, 0) is 20.5 Å². The summed E-state index contributed by atoms with van der Waals surface area (Å²) in [4.78, 5) is 23.3. The Labute approximate surface area is 147 Å². The maximum Gasteiger partial charge on any atom is 0.416 e. The van der Waals surface area contributed by atoms with Crippen molar-refractivity contribution in [1.82, 2.24) is 5.32 Å². The van der Waals surface area contributed by atoms with Gasteiger partial charge in [0, 0.05) is 6.08 Å². The van der Waals surface area contributed by atoms with Gasteiger partial charge in [0.15, 0.2) is 6.61 Å². The minimum absolute atomic E-state index is 0.188. The predicted molar refractivity (Wildman–Crippen MR) is 86.7 cm³/mol. The lowest BCUT2D eigenvalue weighted by atomic mass is 10.1. The third-order valence-corrected chi connectivity index (χ3v) is 3.32. The number of rotatable bonds is 6. The molecular formula is C18H16F3NO4. The number of benzene rings is 1. The van der Waals surface area contributed by atoms with Crippen LogP contribution >= 0.6 is 0 Å². The second kappa shape index (κ2) is 8.37. The quantitative estimate of drug-likeness (QED) is 0.624. The zero-order chi connectivity index (χ0) is 19.2. The van der Waals surface area contributed by atoms with Gasteiger partial charge in [0.05, 0.1) is 17.9 Å². The van der Waals surface area contributed by atoms with Crippen molar-refractivity contribution in [3.63, 3.8) is 0 Å². The van der Waals surface area contributed by atoms with E-state index in [1.807, 2.05) is 0 Å². The summed E-state index contributed by atoms with van der Waals surface area (Å²) in [6.45, 7) is 1.18. The van der Waals surface area contributed by atoms with Gasteiger partial charge in [0.1, 0.15) is 5.76 Å². The van der Waals surface area contributed by atoms with E-state index < -0.39 is 36.3 Å². The van der Waals surface area contributed by atoms with Crippen LogP contribution in [0, 0.1) is 0 Å². The molecule has 1 heterocycles. The van der Waals surface area contributed by atoms with E-state index in [4.69, 9.17) is 9.15 Å². The monoisotopic (exact) mass is 367 g/mol. The molecule has 26 heavy (non-hydrogen) atoms. The molecule has 0 saturated heterocycles. The maximum absolute atomic E-state index is 12.6. The SMILES string of the molecule is C[C@@H](NC(=O)COC(=O)/C=C/c1cccc(C(F)(F)F)c1)c1ccco1. The van der Waals surface area contributed by atoms with E-state index in [0.717, 1.165) is 18.2 Å². The number of halogens is 3. The third-order valence-electron chi connectivity index (χ3n) is 3.32. The minimum atomic E-state index is -4.47. The molecule has 1 amide bonds. The van der Waals surface area contributed by atoms with Crippen molar-refractivity contribution in [2.45, 2.75) is 19.1 Å². The van der Waals surface area contributed by atoms with Crippen LogP contribution in [0.25, 0.3) is 6.08 Å². The summed E-state index contributed by atoms with van der Waals surface area (Å²) in [5, 5.41) is 2.58. The van der Waals surface area contributed by atoms with E-state index in [2.05, 4.69) is 5.32 Å². The fourth-order valence-electron chi connectivity index (χ4n) is 2.06. The van der Waals surface area contributed by atoms with Gasteiger partial charge in [-0.15, -0.1) is 0 Å². The van der Waals surface area contributed by atoms with Crippen LogP contribution in [0.2, 0.25) is 0 Å². The van der Waals surface area contributed by atoms with Gasteiger partial charge in [-0.2, -0.15) is 13.2 Å². The molecule has 0 saturated carbocycles. The molecule has 2 rings (SSSR count). The Balaban J connectivity index is 1.83. The summed E-state index contributed by atoms with van der Waals surface area (Å²) >= 11 is 0. The summed E-state index contributed by atoms with van der Waals surface area (Å²) < 4.78 is 47.7. The summed E-state index contributed by atoms with van der Waals surface area (Å²) in [6, 6.07) is 7.46. The van der Waals surface area contributed by atoms with E-state index in [0.29, 0.717) is 5.76 Å². The molecule has 2 aromatic rings. The first-order valence-electron chi connectivity index (χ1n) is 7.60. The number of esters is 1.